The molecule has 0 atom stereocenters. The average Bonchev–Trinajstić information content (AvgIpc) is 2.45. The van der Waals surface area contributed by atoms with Crippen LogP contribution in [0.25, 0.3) is 0 Å². The van der Waals surface area contributed by atoms with Crippen molar-refractivity contribution in [1.82, 2.24) is 0 Å². The Bertz CT molecular complexity index is 561. The fourth-order valence-corrected chi connectivity index (χ4v) is 2.40. The largest absolute Gasteiger partial charge is 0.497 e. The molecular weight excluding hydrogens is 351 g/mol. The van der Waals surface area contributed by atoms with Gasteiger partial charge in [-0.3, -0.25) is 4.79 Å². The molecule has 0 amide bonds. The SMILES string of the molecule is COc1ccc(CCC(=O)c2cccc(I)c2)cc1. The molecule has 0 aliphatic heterocycles. The van der Waals surface area contributed by atoms with Gasteiger partial charge in [0.2, 0.25) is 0 Å². The average molecular weight is 366 g/mol. The minimum atomic E-state index is 0.189. The van der Waals surface area contributed by atoms with Gasteiger partial charge in [0.15, 0.2) is 5.78 Å². The van der Waals surface area contributed by atoms with Gasteiger partial charge in [0, 0.05) is 15.6 Å². The van der Waals surface area contributed by atoms with Crippen molar-refractivity contribution in [2.24, 2.45) is 0 Å². The number of rotatable bonds is 5. The first-order valence-corrected chi connectivity index (χ1v) is 7.18. The Balaban J connectivity index is 1.96. The summed E-state index contributed by atoms with van der Waals surface area (Å²) < 4.78 is 6.20. The molecule has 0 saturated carbocycles. The van der Waals surface area contributed by atoms with Crippen LogP contribution in [0.1, 0.15) is 22.3 Å². The molecule has 0 heterocycles. The predicted octanol–water partition coefficient (Wildman–Crippen LogP) is 4.12. The molecule has 98 valence electrons. The second kappa shape index (κ2) is 6.70. The van der Waals surface area contributed by atoms with Gasteiger partial charge in [-0.1, -0.05) is 24.3 Å². The molecule has 2 rings (SSSR count). The summed E-state index contributed by atoms with van der Waals surface area (Å²) in [6.45, 7) is 0. The fraction of sp³-hybridized carbons (Fsp3) is 0.188. The molecule has 2 aromatic rings. The number of carbonyl (C=O) groups is 1. The smallest absolute Gasteiger partial charge is 0.163 e. The highest BCUT2D eigenvalue weighted by atomic mass is 127. The molecule has 2 nitrogen and oxygen atoms in total. The van der Waals surface area contributed by atoms with E-state index in [-0.39, 0.29) is 5.78 Å². The van der Waals surface area contributed by atoms with Gasteiger partial charge in [-0.2, -0.15) is 0 Å². The van der Waals surface area contributed by atoms with Crippen LogP contribution in [0.2, 0.25) is 0 Å². The zero-order valence-electron chi connectivity index (χ0n) is 10.7. The number of methoxy groups -OCH3 is 1. The van der Waals surface area contributed by atoms with Gasteiger partial charge >= 0.3 is 0 Å². The second-order valence-corrected chi connectivity index (χ2v) is 5.53. The number of hydrogen-bond acceptors (Lipinski definition) is 2. The molecular formula is C16H15IO2. The number of benzene rings is 2. The molecule has 0 bridgehead atoms. The van der Waals surface area contributed by atoms with Crippen LogP contribution in [0.5, 0.6) is 5.75 Å². The number of ketones is 1. The molecule has 0 radical (unpaired) electrons. The summed E-state index contributed by atoms with van der Waals surface area (Å²) in [6.07, 6.45) is 1.29. The van der Waals surface area contributed by atoms with Gasteiger partial charge in [0.25, 0.3) is 0 Å². The van der Waals surface area contributed by atoms with Crippen molar-refractivity contribution in [3.05, 3.63) is 63.2 Å². The van der Waals surface area contributed by atoms with Crippen molar-refractivity contribution in [2.75, 3.05) is 7.11 Å². The number of carbonyl (C=O) groups excluding carboxylic acids is 1. The molecule has 0 N–H and O–H groups in total. The third kappa shape index (κ3) is 4.06. The molecule has 0 aromatic heterocycles. The molecule has 0 unspecified atom stereocenters. The molecule has 0 saturated heterocycles. The van der Waals surface area contributed by atoms with E-state index in [0.717, 1.165) is 26.9 Å². The highest BCUT2D eigenvalue weighted by molar-refractivity contribution is 14.1. The van der Waals surface area contributed by atoms with Crippen LogP contribution in [0.15, 0.2) is 48.5 Å². The Morgan fingerprint density at radius 2 is 1.89 bits per heavy atom. The maximum Gasteiger partial charge on any atom is 0.163 e. The topological polar surface area (TPSA) is 26.3 Å². The third-order valence-electron chi connectivity index (χ3n) is 2.95. The quantitative estimate of drug-likeness (QED) is 0.588. The summed E-state index contributed by atoms with van der Waals surface area (Å²) in [5.41, 5.74) is 1.94. The Hall–Kier alpha value is -1.36. The van der Waals surface area contributed by atoms with Crippen LogP contribution in [0.3, 0.4) is 0 Å². The number of halogens is 1. The van der Waals surface area contributed by atoms with Crippen molar-refractivity contribution in [3.63, 3.8) is 0 Å². The molecule has 0 spiro atoms. The van der Waals surface area contributed by atoms with Crippen LogP contribution >= 0.6 is 22.6 Å². The highest BCUT2D eigenvalue weighted by Crippen LogP contribution is 2.15. The summed E-state index contributed by atoms with van der Waals surface area (Å²) in [5, 5.41) is 0. The zero-order chi connectivity index (χ0) is 13.7. The van der Waals surface area contributed by atoms with Crippen molar-refractivity contribution in [1.29, 1.82) is 0 Å². The molecule has 0 fully saturated rings. The van der Waals surface area contributed by atoms with E-state index in [1.165, 1.54) is 0 Å². The Kier molecular flexibility index (Phi) is 4.96. The predicted molar refractivity (Wildman–Crippen MR) is 84.8 cm³/mol. The van der Waals surface area contributed by atoms with E-state index in [9.17, 15) is 4.79 Å². The van der Waals surface area contributed by atoms with E-state index in [2.05, 4.69) is 22.6 Å². The number of aryl methyl sites for hydroxylation is 1. The van der Waals surface area contributed by atoms with E-state index >= 15 is 0 Å². The molecule has 19 heavy (non-hydrogen) atoms. The normalized spacial score (nSPS) is 10.2. The van der Waals surface area contributed by atoms with E-state index in [1.54, 1.807) is 7.11 Å². The van der Waals surface area contributed by atoms with Crippen LogP contribution in [-0.4, -0.2) is 12.9 Å². The van der Waals surface area contributed by atoms with Gasteiger partial charge < -0.3 is 4.74 Å². The third-order valence-corrected chi connectivity index (χ3v) is 3.62. The summed E-state index contributed by atoms with van der Waals surface area (Å²) >= 11 is 2.22. The van der Waals surface area contributed by atoms with Crippen molar-refractivity contribution >= 4 is 28.4 Å². The Morgan fingerprint density at radius 3 is 2.53 bits per heavy atom. The maximum absolute atomic E-state index is 12.1. The first kappa shape index (κ1) is 14.1. The lowest BCUT2D eigenvalue weighted by Gasteiger charge is -2.04. The number of Topliss-reactive ketones (excluding diaryl/α,β-unsaturated/α-hetero) is 1. The first-order valence-electron chi connectivity index (χ1n) is 6.11. The van der Waals surface area contributed by atoms with E-state index in [0.29, 0.717) is 6.42 Å². The summed E-state index contributed by atoms with van der Waals surface area (Å²) in [7, 11) is 1.65. The summed E-state index contributed by atoms with van der Waals surface area (Å²) in [5.74, 6) is 1.03. The number of ether oxygens (including phenoxy) is 1. The van der Waals surface area contributed by atoms with Gasteiger partial charge in [0.05, 0.1) is 7.11 Å². The molecule has 0 aliphatic carbocycles. The molecule has 0 aliphatic rings. The van der Waals surface area contributed by atoms with Gasteiger partial charge in [-0.05, 0) is 58.8 Å². The monoisotopic (exact) mass is 366 g/mol. The van der Waals surface area contributed by atoms with Crippen molar-refractivity contribution in [2.45, 2.75) is 12.8 Å². The first-order chi connectivity index (χ1) is 9.19. The lowest BCUT2D eigenvalue weighted by Crippen LogP contribution is -2.01. The van der Waals surface area contributed by atoms with Crippen LogP contribution in [0.4, 0.5) is 0 Å². The van der Waals surface area contributed by atoms with Gasteiger partial charge in [-0.15, -0.1) is 0 Å². The standard InChI is InChI=1S/C16H15IO2/c1-19-15-8-5-12(6-9-15)7-10-16(18)13-3-2-4-14(17)11-13/h2-6,8-9,11H,7,10H2,1H3. The maximum atomic E-state index is 12.1. The lowest BCUT2D eigenvalue weighted by atomic mass is 10.0. The summed E-state index contributed by atoms with van der Waals surface area (Å²) in [6, 6.07) is 15.6. The van der Waals surface area contributed by atoms with E-state index in [4.69, 9.17) is 4.74 Å². The lowest BCUT2D eigenvalue weighted by molar-refractivity contribution is 0.0983. The van der Waals surface area contributed by atoms with E-state index in [1.807, 2.05) is 48.5 Å². The fourth-order valence-electron chi connectivity index (χ4n) is 1.86. The zero-order valence-corrected chi connectivity index (χ0v) is 12.9. The van der Waals surface area contributed by atoms with Gasteiger partial charge in [0.1, 0.15) is 5.75 Å². The Morgan fingerprint density at radius 1 is 1.16 bits per heavy atom. The van der Waals surface area contributed by atoms with Crippen molar-refractivity contribution in [3.8, 4) is 5.75 Å². The van der Waals surface area contributed by atoms with Crippen molar-refractivity contribution < 1.29 is 9.53 Å². The second-order valence-electron chi connectivity index (χ2n) is 4.28. The summed E-state index contributed by atoms with van der Waals surface area (Å²) in [4.78, 5) is 12.1. The van der Waals surface area contributed by atoms with Crippen LogP contribution < -0.4 is 4.74 Å². The van der Waals surface area contributed by atoms with Crippen LogP contribution in [-0.2, 0) is 6.42 Å². The minimum absolute atomic E-state index is 0.189. The minimum Gasteiger partial charge on any atom is -0.497 e. The van der Waals surface area contributed by atoms with Crippen LogP contribution in [0, 0.1) is 3.57 Å². The van der Waals surface area contributed by atoms with E-state index < -0.39 is 0 Å². The van der Waals surface area contributed by atoms with Gasteiger partial charge in [-0.25, -0.2) is 0 Å². The highest BCUT2D eigenvalue weighted by Gasteiger charge is 2.06. The Labute approximate surface area is 126 Å². The number of hydrogen-bond donors (Lipinski definition) is 0. The molecule has 3 heteroatoms. The molecule has 2 aromatic carbocycles.